The van der Waals surface area contributed by atoms with E-state index >= 15 is 0 Å². The van der Waals surface area contributed by atoms with Crippen LogP contribution in [0.4, 0.5) is 4.79 Å². The van der Waals surface area contributed by atoms with Crippen LogP contribution in [0.15, 0.2) is 18.2 Å². The SMILES string of the molecule is Cc1ccc(C)c(OC2CCN(C(=O)NCCCCN3CCN(C)CC3)CC2)c1. The number of carbonyl (C=O) groups is 1. The summed E-state index contributed by atoms with van der Waals surface area (Å²) in [6.07, 6.45) is 4.18. The Morgan fingerprint density at radius 1 is 1.07 bits per heavy atom. The predicted octanol–water partition coefficient (Wildman–Crippen LogP) is 2.88. The molecule has 6 heteroatoms. The maximum absolute atomic E-state index is 12.4. The molecule has 0 bridgehead atoms. The summed E-state index contributed by atoms with van der Waals surface area (Å²) in [6.45, 7) is 12.3. The Morgan fingerprint density at radius 2 is 1.79 bits per heavy atom. The third-order valence-corrected chi connectivity index (χ3v) is 6.14. The van der Waals surface area contributed by atoms with Gasteiger partial charge in [0.15, 0.2) is 0 Å². The Kier molecular flexibility index (Phi) is 8.19. The van der Waals surface area contributed by atoms with E-state index in [-0.39, 0.29) is 12.1 Å². The van der Waals surface area contributed by atoms with Crippen molar-refractivity contribution in [2.24, 2.45) is 0 Å². The Morgan fingerprint density at radius 3 is 2.52 bits per heavy atom. The van der Waals surface area contributed by atoms with Crippen molar-refractivity contribution in [3.8, 4) is 5.75 Å². The van der Waals surface area contributed by atoms with E-state index in [1.165, 1.54) is 37.3 Å². The fourth-order valence-corrected chi connectivity index (χ4v) is 4.03. The fraction of sp³-hybridized carbons (Fsp3) is 0.696. The fourth-order valence-electron chi connectivity index (χ4n) is 4.03. The number of likely N-dealkylation sites (N-methyl/N-ethyl adjacent to an activating group) is 1. The lowest BCUT2D eigenvalue weighted by atomic mass is 10.1. The Bertz CT molecular complexity index is 650. The standard InChI is InChI=1S/C23H38N4O2/c1-19-6-7-20(2)22(18-19)29-21-8-12-27(13-9-21)23(28)24-10-4-5-11-26-16-14-25(3)15-17-26/h6-7,18,21H,4-5,8-17H2,1-3H3,(H,24,28). The van der Waals surface area contributed by atoms with E-state index in [1.807, 2.05) is 4.90 Å². The summed E-state index contributed by atoms with van der Waals surface area (Å²) < 4.78 is 6.21. The van der Waals surface area contributed by atoms with Crippen molar-refractivity contribution >= 4 is 6.03 Å². The number of benzene rings is 1. The summed E-state index contributed by atoms with van der Waals surface area (Å²) in [5.41, 5.74) is 2.39. The lowest BCUT2D eigenvalue weighted by molar-refractivity contribution is 0.110. The van der Waals surface area contributed by atoms with Crippen LogP contribution in [-0.4, -0.2) is 86.2 Å². The second-order valence-electron chi connectivity index (χ2n) is 8.66. The summed E-state index contributed by atoms with van der Waals surface area (Å²) >= 11 is 0. The molecule has 0 spiro atoms. The van der Waals surface area contributed by atoms with Crippen molar-refractivity contribution in [2.45, 2.75) is 45.6 Å². The number of aryl methyl sites for hydroxylation is 2. The number of likely N-dealkylation sites (tertiary alicyclic amines) is 1. The number of piperazine rings is 1. The predicted molar refractivity (Wildman–Crippen MR) is 118 cm³/mol. The number of rotatable bonds is 7. The highest BCUT2D eigenvalue weighted by Crippen LogP contribution is 2.24. The van der Waals surface area contributed by atoms with Gasteiger partial charge in [0, 0.05) is 58.7 Å². The van der Waals surface area contributed by atoms with Crippen molar-refractivity contribution in [1.82, 2.24) is 20.0 Å². The number of amides is 2. The number of urea groups is 1. The van der Waals surface area contributed by atoms with Crippen LogP contribution in [0.3, 0.4) is 0 Å². The topological polar surface area (TPSA) is 48.1 Å². The third-order valence-electron chi connectivity index (χ3n) is 6.14. The smallest absolute Gasteiger partial charge is 0.317 e. The van der Waals surface area contributed by atoms with Crippen molar-refractivity contribution in [3.63, 3.8) is 0 Å². The van der Waals surface area contributed by atoms with Gasteiger partial charge in [-0.15, -0.1) is 0 Å². The first-order chi connectivity index (χ1) is 14.0. The van der Waals surface area contributed by atoms with Gasteiger partial charge in [-0.2, -0.15) is 0 Å². The van der Waals surface area contributed by atoms with Crippen LogP contribution in [0.25, 0.3) is 0 Å². The van der Waals surface area contributed by atoms with E-state index in [2.05, 4.69) is 54.2 Å². The highest BCUT2D eigenvalue weighted by Gasteiger charge is 2.24. The van der Waals surface area contributed by atoms with Crippen LogP contribution in [-0.2, 0) is 0 Å². The van der Waals surface area contributed by atoms with Gasteiger partial charge in [-0.25, -0.2) is 4.79 Å². The van der Waals surface area contributed by atoms with Gasteiger partial charge in [-0.3, -0.25) is 0 Å². The summed E-state index contributed by atoms with van der Waals surface area (Å²) in [7, 11) is 2.19. The van der Waals surface area contributed by atoms with Gasteiger partial charge in [0.25, 0.3) is 0 Å². The molecule has 0 aliphatic carbocycles. The van der Waals surface area contributed by atoms with E-state index in [0.29, 0.717) is 0 Å². The minimum Gasteiger partial charge on any atom is -0.490 e. The van der Waals surface area contributed by atoms with Crippen molar-refractivity contribution in [3.05, 3.63) is 29.3 Å². The van der Waals surface area contributed by atoms with E-state index in [1.54, 1.807) is 0 Å². The molecule has 0 aromatic heterocycles. The number of carbonyl (C=O) groups excluding carboxylic acids is 1. The molecule has 3 rings (SSSR count). The van der Waals surface area contributed by atoms with Gasteiger partial charge in [-0.05, 0) is 57.5 Å². The molecule has 2 saturated heterocycles. The molecule has 162 valence electrons. The first-order valence-electron chi connectivity index (χ1n) is 11.2. The molecular weight excluding hydrogens is 364 g/mol. The zero-order valence-electron chi connectivity index (χ0n) is 18.5. The second kappa shape index (κ2) is 10.8. The molecule has 2 amide bonds. The number of unbranched alkanes of at least 4 members (excludes halogenated alkanes) is 1. The molecule has 1 N–H and O–H groups in total. The van der Waals surface area contributed by atoms with Gasteiger partial charge < -0.3 is 24.8 Å². The molecule has 2 aliphatic rings. The maximum Gasteiger partial charge on any atom is 0.317 e. The number of ether oxygens (including phenoxy) is 1. The van der Waals surface area contributed by atoms with Crippen LogP contribution < -0.4 is 10.1 Å². The molecule has 1 aromatic carbocycles. The summed E-state index contributed by atoms with van der Waals surface area (Å²) in [5, 5.41) is 3.10. The van der Waals surface area contributed by atoms with Gasteiger partial charge in [-0.1, -0.05) is 12.1 Å². The van der Waals surface area contributed by atoms with E-state index < -0.39 is 0 Å². The first kappa shape index (κ1) is 21.9. The average Bonchev–Trinajstić information content (AvgIpc) is 2.72. The monoisotopic (exact) mass is 402 g/mol. The molecule has 0 saturated carbocycles. The highest BCUT2D eigenvalue weighted by atomic mass is 16.5. The minimum atomic E-state index is 0.0785. The van der Waals surface area contributed by atoms with Gasteiger partial charge in [0.2, 0.25) is 0 Å². The molecule has 1 aromatic rings. The molecule has 0 unspecified atom stereocenters. The number of nitrogens with zero attached hydrogens (tertiary/aromatic N) is 3. The Labute approximate surface area is 176 Å². The summed E-state index contributed by atoms with van der Waals surface area (Å²) in [4.78, 5) is 19.3. The largest absolute Gasteiger partial charge is 0.490 e. The first-order valence-corrected chi connectivity index (χ1v) is 11.2. The van der Waals surface area contributed by atoms with Gasteiger partial charge in [0.05, 0.1) is 0 Å². The molecule has 0 radical (unpaired) electrons. The summed E-state index contributed by atoms with van der Waals surface area (Å²) in [6, 6.07) is 6.41. The third kappa shape index (κ3) is 6.89. The van der Waals surface area contributed by atoms with E-state index in [0.717, 1.165) is 57.6 Å². The number of nitrogens with one attached hydrogen (secondary N) is 1. The molecule has 2 heterocycles. The normalized spacial score (nSPS) is 19.3. The molecular formula is C23H38N4O2. The zero-order chi connectivity index (χ0) is 20.6. The minimum absolute atomic E-state index is 0.0785. The van der Waals surface area contributed by atoms with Crippen LogP contribution in [0.1, 0.15) is 36.8 Å². The van der Waals surface area contributed by atoms with Crippen molar-refractivity contribution in [2.75, 3.05) is 59.4 Å². The molecule has 2 fully saturated rings. The number of hydrogen-bond donors (Lipinski definition) is 1. The van der Waals surface area contributed by atoms with Crippen LogP contribution in [0, 0.1) is 13.8 Å². The van der Waals surface area contributed by atoms with Gasteiger partial charge in [0.1, 0.15) is 11.9 Å². The average molecular weight is 403 g/mol. The van der Waals surface area contributed by atoms with Crippen LogP contribution >= 0.6 is 0 Å². The number of hydrogen-bond acceptors (Lipinski definition) is 4. The van der Waals surface area contributed by atoms with Crippen molar-refractivity contribution < 1.29 is 9.53 Å². The van der Waals surface area contributed by atoms with Crippen LogP contribution in [0.5, 0.6) is 5.75 Å². The molecule has 29 heavy (non-hydrogen) atoms. The Balaban J connectivity index is 1.28. The molecule has 0 atom stereocenters. The zero-order valence-corrected chi connectivity index (χ0v) is 18.5. The molecule has 2 aliphatic heterocycles. The van der Waals surface area contributed by atoms with E-state index in [4.69, 9.17) is 4.74 Å². The maximum atomic E-state index is 12.4. The lowest BCUT2D eigenvalue weighted by Gasteiger charge is -2.33. The Hall–Kier alpha value is -1.79. The van der Waals surface area contributed by atoms with Crippen LogP contribution in [0.2, 0.25) is 0 Å². The van der Waals surface area contributed by atoms with Crippen molar-refractivity contribution in [1.29, 1.82) is 0 Å². The van der Waals surface area contributed by atoms with Gasteiger partial charge >= 0.3 is 6.03 Å². The molecule has 6 nitrogen and oxygen atoms in total. The second-order valence-corrected chi connectivity index (χ2v) is 8.66. The van der Waals surface area contributed by atoms with E-state index in [9.17, 15) is 4.79 Å². The lowest BCUT2D eigenvalue weighted by Crippen LogP contribution is -2.47. The quantitative estimate of drug-likeness (QED) is 0.713. The highest BCUT2D eigenvalue weighted by molar-refractivity contribution is 5.74. The summed E-state index contributed by atoms with van der Waals surface area (Å²) in [5.74, 6) is 0.980. The number of piperidine rings is 1.